The quantitative estimate of drug-likeness (QED) is 0.259. The molecule has 0 amide bonds. The molecular weight excluding hydrogens is 496 g/mol. The van der Waals surface area contributed by atoms with Gasteiger partial charge in [-0.2, -0.15) is 5.48 Å². The second-order valence-electron chi connectivity index (χ2n) is 13.1. The SMILES string of the molecule is CCC1CCC[C@@H](OC(C)=O)C[C@H](C)C[C@@H](OCCN)[C@@]12CCCC(C(C)(C)C)C(CCC(OC)OC)ON2. The minimum Gasteiger partial charge on any atom is -0.463 e. The molecule has 0 bridgehead atoms. The summed E-state index contributed by atoms with van der Waals surface area (Å²) in [4.78, 5) is 18.6. The van der Waals surface area contributed by atoms with E-state index in [1.54, 1.807) is 14.2 Å². The van der Waals surface area contributed by atoms with Crippen LogP contribution in [-0.4, -0.2) is 63.5 Å². The average molecular weight is 557 g/mol. The standard InChI is InChI=1S/C31H60N2O6/c1-9-24-12-10-13-25(38-23(3)34)20-22(2)21-28(37-19-18-32)31(24)17-11-14-26(30(4,5)6)27(39-33-31)15-16-29(35-7)36-8/h22,24-29,33H,9-21,32H2,1-8H3/t22-,24?,25+,26?,27?,28+,31+/m0/s1. The van der Waals surface area contributed by atoms with Gasteiger partial charge < -0.3 is 24.7 Å². The molecule has 230 valence electrons. The third-order valence-corrected chi connectivity index (χ3v) is 9.21. The minimum absolute atomic E-state index is 0.0313. The molecule has 2 rings (SSSR count). The second-order valence-corrected chi connectivity index (χ2v) is 13.1. The first kappa shape index (κ1) is 34.4. The largest absolute Gasteiger partial charge is 0.463 e. The summed E-state index contributed by atoms with van der Waals surface area (Å²) in [6, 6.07) is 0. The third kappa shape index (κ3) is 10.2. The van der Waals surface area contributed by atoms with Gasteiger partial charge in [0.2, 0.25) is 0 Å². The van der Waals surface area contributed by atoms with E-state index in [9.17, 15) is 4.79 Å². The molecule has 39 heavy (non-hydrogen) atoms. The van der Waals surface area contributed by atoms with Crippen LogP contribution in [0.3, 0.4) is 0 Å². The first-order valence-corrected chi connectivity index (χ1v) is 15.5. The van der Waals surface area contributed by atoms with Gasteiger partial charge in [-0.05, 0) is 74.5 Å². The highest BCUT2D eigenvalue weighted by atomic mass is 16.7. The lowest BCUT2D eigenvalue weighted by atomic mass is 9.67. The van der Waals surface area contributed by atoms with Crippen molar-refractivity contribution in [2.24, 2.45) is 28.9 Å². The average Bonchev–Trinajstić information content (AvgIpc) is 2.85. The summed E-state index contributed by atoms with van der Waals surface area (Å²) in [5.41, 5.74) is 9.51. The molecule has 1 saturated heterocycles. The summed E-state index contributed by atoms with van der Waals surface area (Å²) in [7, 11) is 3.39. The Morgan fingerprint density at radius 2 is 1.85 bits per heavy atom. The van der Waals surface area contributed by atoms with Crippen molar-refractivity contribution >= 4 is 5.97 Å². The van der Waals surface area contributed by atoms with Crippen molar-refractivity contribution < 1.29 is 28.6 Å². The van der Waals surface area contributed by atoms with E-state index in [4.69, 9.17) is 29.5 Å². The molecule has 0 radical (unpaired) electrons. The van der Waals surface area contributed by atoms with Crippen molar-refractivity contribution in [1.82, 2.24) is 5.48 Å². The molecule has 2 aliphatic rings. The van der Waals surface area contributed by atoms with E-state index in [0.717, 1.165) is 70.6 Å². The number of methoxy groups -OCH3 is 2. The zero-order chi connectivity index (χ0) is 29.1. The van der Waals surface area contributed by atoms with E-state index < -0.39 is 0 Å². The molecule has 1 heterocycles. The Bertz CT molecular complexity index is 697. The Labute approximate surface area is 238 Å². The molecule has 0 aromatic carbocycles. The van der Waals surface area contributed by atoms with E-state index in [0.29, 0.717) is 30.9 Å². The van der Waals surface area contributed by atoms with Crippen molar-refractivity contribution in [3.05, 3.63) is 0 Å². The van der Waals surface area contributed by atoms with E-state index in [-0.39, 0.29) is 41.5 Å². The lowest BCUT2D eigenvalue weighted by Gasteiger charge is -2.51. The van der Waals surface area contributed by atoms with Crippen LogP contribution >= 0.6 is 0 Å². The molecule has 0 aromatic heterocycles. The Balaban J connectivity index is 2.41. The number of rotatable bonds is 10. The fourth-order valence-electron chi connectivity index (χ4n) is 7.20. The van der Waals surface area contributed by atoms with Crippen LogP contribution in [0.5, 0.6) is 0 Å². The first-order valence-electron chi connectivity index (χ1n) is 15.5. The number of esters is 1. The van der Waals surface area contributed by atoms with Gasteiger partial charge in [0.1, 0.15) is 6.10 Å². The zero-order valence-electron chi connectivity index (χ0n) is 26.3. The Kier molecular flexibility index (Phi) is 14.7. The Morgan fingerprint density at radius 1 is 1.13 bits per heavy atom. The topological polar surface area (TPSA) is 101 Å². The molecule has 1 aliphatic carbocycles. The first-order chi connectivity index (χ1) is 18.5. The van der Waals surface area contributed by atoms with Crippen molar-refractivity contribution in [3.63, 3.8) is 0 Å². The zero-order valence-corrected chi connectivity index (χ0v) is 26.3. The number of hydrogen-bond acceptors (Lipinski definition) is 8. The van der Waals surface area contributed by atoms with Gasteiger partial charge in [0.25, 0.3) is 0 Å². The Hall–Kier alpha value is -0.770. The molecule has 1 saturated carbocycles. The molecule has 8 nitrogen and oxygen atoms in total. The van der Waals surface area contributed by atoms with Crippen LogP contribution in [0.4, 0.5) is 0 Å². The van der Waals surface area contributed by atoms with Gasteiger partial charge >= 0.3 is 5.97 Å². The van der Waals surface area contributed by atoms with Gasteiger partial charge in [0.05, 0.1) is 24.4 Å². The van der Waals surface area contributed by atoms with E-state index in [1.165, 1.54) is 6.92 Å². The minimum atomic E-state index is -0.310. The highest BCUT2D eigenvalue weighted by molar-refractivity contribution is 5.66. The number of nitrogens with one attached hydrogen (secondary N) is 1. The predicted molar refractivity (Wildman–Crippen MR) is 155 cm³/mol. The number of carbonyl (C=O) groups excluding carboxylic acids is 1. The van der Waals surface area contributed by atoms with Gasteiger partial charge in [0.15, 0.2) is 6.29 Å². The maximum Gasteiger partial charge on any atom is 0.302 e. The van der Waals surface area contributed by atoms with Gasteiger partial charge in [-0.25, -0.2) is 0 Å². The van der Waals surface area contributed by atoms with Crippen molar-refractivity contribution in [3.8, 4) is 0 Å². The smallest absolute Gasteiger partial charge is 0.302 e. The normalized spacial score (nSPS) is 33.5. The predicted octanol–water partition coefficient (Wildman–Crippen LogP) is 5.76. The number of carbonyl (C=O) groups is 1. The molecule has 3 unspecified atom stereocenters. The summed E-state index contributed by atoms with van der Waals surface area (Å²) in [6.45, 7) is 14.0. The highest BCUT2D eigenvalue weighted by Gasteiger charge is 2.49. The lowest BCUT2D eigenvalue weighted by molar-refractivity contribution is -0.189. The fourth-order valence-corrected chi connectivity index (χ4v) is 7.20. The Morgan fingerprint density at radius 3 is 2.44 bits per heavy atom. The van der Waals surface area contributed by atoms with Crippen LogP contribution in [0.25, 0.3) is 0 Å². The van der Waals surface area contributed by atoms with Crippen LogP contribution in [-0.2, 0) is 28.6 Å². The van der Waals surface area contributed by atoms with Gasteiger partial charge in [-0.3, -0.25) is 9.63 Å². The van der Waals surface area contributed by atoms with Gasteiger partial charge in [-0.1, -0.05) is 47.5 Å². The number of nitrogens with two attached hydrogens (primary N) is 1. The summed E-state index contributed by atoms with van der Waals surface area (Å²) in [6.07, 6.45) is 10.2. The molecule has 1 spiro atoms. The van der Waals surface area contributed by atoms with E-state index in [2.05, 4.69) is 40.1 Å². The van der Waals surface area contributed by atoms with Crippen molar-refractivity contribution in [1.29, 1.82) is 0 Å². The molecule has 0 aromatic rings. The van der Waals surface area contributed by atoms with Crippen LogP contribution in [0.15, 0.2) is 0 Å². The van der Waals surface area contributed by atoms with Crippen molar-refractivity contribution in [2.75, 3.05) is 27.4 Å². The second kappa shape index (κ2) is 16.6. The summed E-state index contributed by atoms with van der Waals surface area (Å²) in [5, 5.41) is 0. The monoisotopic (exact) mass is 556 g/mol. The summed E-state index contributed by atoms with van der Waals surface area (Å²) in [5.74, 6) is 0.908. The summed E-state index contributed by atoms with van der Waals surface area (Å²) >= 11 is 0. The van der Waals surface area contributed by atoms with Crippen LogP contribution < -0.4 is 11.2 Å². The summed E-state index contributed by atoms with van der Waals surface area (Å²) < 4.78 is 23.4. The van der Waals surface area contributed by atoms with Gasteiger partial charge in [-0.15, -0.1) is 0 Å². The van der Waals surface area contributed by atoms with E-state index in [1.807, 2.05) is 0 Å². The van der Waals surface area contributed by atoms with Crippen molar-refractivity contribution in [2.45, 2.75) is 142 Å². The van der Waals surface area contributed by atoms with E-state index >= 15 is 0 Å². The number of ether oxygens (including phenoxy) is 4. The van der Waals surface area contributed by atoms with Crippen LogP contribution in [0.2, 0.25) is 0 Å². The van der Waals surface area contributed by atoms with Gasteiger partial charge in [0, 0.05) is 34.1 Å². The molecule has 2 fully saturated rings. The highest BCUT2D eigenvalue weighted by Crippen LogP contribution is 2.44. The molecule has 8 heteroatoms. The van der Waals surface area contributed by atoms with Crippen LogP contribution in [0, 0.1) is 23.2 Å². The lowest BCUT2D eigenvalue weighted by Crippen LogP contribution is -2.63. The number of hydroxylamine groups is 1. The van der Waals surface area contributed by atoms with Crippen LogP contribution in [0.1, 0.15) is 112 Å². The molecular formula is C31H60N2O6. The molecule has 1 aliphatic heterocycles. The number of hydrogen-bond donors (Lipinski definition) is 2. The molecule has 7 atom stereocenters. The maximum absolute atomic E-state index is 11.8. The maximum atomic E-state index is 11.8. The third-order valence-electron chi connectivity index (χ3n) is 9.21. The fraction of sp³-hybridized carbons (Fsp3) is 0.968. The molecule has 3 N–H and O–H groups in total.